The molecular formula is C27H29N3O2. The summed E-state index contributed by atoms with van der Waals surface area (Å²) in [5.41, 5.74) is 11.5. The molecule has 1 aliphatic rings. The normalized spacial score (nSPS) is 19.3. The summed E-state index contributed by atoms with van der Waals surface area (Å²) in [4.78, 5) is 17.4. The summed E-state index contributed by atoms with van der Waals surface area (Å²) in [6.45, 7) is 4.59. The fraction of sp³-hybridized carbons (Fsp3) is 0.333. The number of anilines is 1. The molecule has 4 rings (SSSR count). The van der Waals surface area contributed by atoms with E-state index < -0.39 is 0 Å². The van der Waals surface area contributed by atoms with E-state index in [4.69, 9.17) is 16.9 Å². The van der Waals surface area contributed by atoms with E-state index in [9.17, 15) is 4.79 Å². The zero-order chi connectivity index (χ0) is 22.7. The number of hydrogen-bond donors (Lipinski definition) is 2. The van der Waals surface area contributed by atoms with E-state index in [0.717, 1.165) is 28.5 Å². The van der Waals surface area contributed by atoms with E-state index in [1.54, 1.807) is 0 Å². The SMILES string of the molecule is C#CC1CC(NC(=O)C(C)Cc2cc3cc(-c4ccccc4C)ccc3nc2N)CCO1. The summed E-state index contributed by atoms with van der Waals surface area (Å²) in [6, 6.07) is 16.6. The third-order valence-electron chi connectivity index (χ3n) is 6.17. The first-order valence-electron chi connectivity index (χ1n) is 11.1. The summed E-state index contributed by atoms with van der Waals surface area (Å²) in [5, 5.41) is 4.14. The number of nitrogen functional groups attached to an aromatic ring is 1. The molecule has 3 unspecified atom stereocenters. The van der Waals surface area contributed by atoms with Crippen LogP contribution in [0.25, 0.3) is 22.0 Å². The number of aromatic nitrogens is 1. The van der Waals surface area contributed by atoms with Crippen LogP contribution in [0.1, 0.15) is 30.9 Å². The Hall–Kier alpha value is -3.36. The van der Waals surface area contributed by atoms with Gasteiger partial charge in [0.1, 0.15) is 11.9 Å². The number of aryl methyl sites for hydroxylation is 1. The van der Waals surface area contributed by atoms with Crippen molar-refractivity contribution in [3.05, 3.63) is 59.7 Å². The Morgan fingerprint density at radius 1 is 1.31 bits per heavy atom. The lowest BCUT2D eigenvalue weighted by Gasteiger charge is -2.28. The second-order valence-electron chi connectivity index (χ2n) is 8.62. The van der Waals surface area contributed by atoms with Crippen LogP contribution < -0.4 is 11.1 Å². The fourth-order valence-corrected chi connectivity index (χ4v) is 4.27. The number of pyridine rings is 1. The molecule has 1 amide bonds. The van der Waals surface area contributed by atoms with Gasteiger partial charge in [-0.3, -0.25) is 4.79 Å². The summed E-state index contributed by atoms with van der Waals surface area (Å²) >= 11 is 0. The molecule has 1 saturated heterocycles. The van der Waals surface area contributed by atoms with Crippen LogP contribution in [0.4, 0.5) is 5.82 Å². The predicted molar refractivity (Wildman–Crippen MR) is 129 cm³/mol. The Kier molecular flexibility index (Phi) is 6.43. The molecule has 2 heterocycles. The molecule has 5 nitrogen and oxygen atoms in total. The van der Waals surface area contributed by atoms with E-state index >= 15 is 0 Å². The molecule has 5 heteroatoms. The Bertz CT molecular complexity index is 1180. The smallest absolute Gasteiger partial charge is 0.223 e. The molecule has 0 bridgehead atoms. The van der Waals surface area contributed by atoms with Crippen molar-refractivity contribution in [3.63, 3.8) is 0 Å². The Labute approximate surface area is 189 Å². The number of ether oxygens (including phenoxy) is 1. The molecule has 164 valence electrons. The minimum absolute atomic E-state index is 0.000768. The third kappa shape index (κ3) is 4.76. The van der Waals surface area contributed by atoms with Crippen molar-refractivity contribution >= 4 is 22.6 Å². The van der Waals surface area contributed by atoms with Crippen LogP contribution in [0, 0.1) is 25.2 Å². The molecule has 1 fully saturated rings. The standard InChI is InChI=1S/C27H29N3O2/c1-4-23-16-22(11-12-32-23)29-27(31)18(3)13-21-15-20-14-19(9-10-25(20)30-26(21)28)24-8-6-5-7-17(24)2/h1,5-10,14-15,18,22-23H,11-13,16H2,2-3H3,(H2,28,30)(H,29,31). The van der Waals surface area contributed by atoms with Crippen LogP contribution in [0.5, 0.6) is 0 Å². The highest BCUT2D eigenvalue weighted by Gasteiger charge is 2.25. The first-order chi connectivity index (χ1) is 15.4. The maximum absolute atomic E-state index is 12.8. The largest absolute Gasteiger partial charge is 0.383 e. The van der Waals surface area contributed by atoms with Crippen molar-refractivity contribution in [1.29, 1.82) is 0 Å². The van der Waals surface area contributed by atoms with Crippen molar-refractivity contribution in [1.82, 2.24) is 10.3 Å². The highest BCUT2D eigenvalue weighted by atomic mass is 16.5. The minimum atomic E-state index is -0.233. The van der Waals surface area contributed by atoms with Crippen LogP contribution in [0.2, 0.25) is 0 Å². The highest BCUT2D eigenvalue weighted by molar-refractivity contribution is 5.87. The molecule has 0 saturated carbocycles. The van der Waals surface area contributed by atoms with E-state index in [0.29, 0.717) is 25.3 Å². The van der Waals surface area contributed by atoms with Gasteiger partial charge in [-0.05, 0) is 60.2 Å². The molecule has 0 radical (unpaired) electrons. The second kappa shape index (κ2) is 9.42. The number of nitrogens with two attached hydrogens (primary N) is 1. The summed E-state index contributed by atoms with van der Waals surface area (Å²) in [5.74, 6) is 2.86. The molecule has 0 aliphatic carbocycles. The van der Waals surface area contributed by atoms with Crippen molar-refractivity contribution in [2.24, 2.45) is 5.92 Å². The molecule has 32 heavy (non-hydrogen) atoms. The zero-order valence-electron chi connectivity index (χ0n) is 18.6. The lowest BCUT2D eigenvalue weighted by atomic mass is 9.96. The summed E-state index contributed by atoms with van der Waals surface area (Å²) in [7, 11) is 0. The minimum Gasteiger partial charge on any atom is -0.383 e. The van der Waals surface area contributed by atoms with Gasteiger partial charge in [-0.15, -0.1) is 6.42 Å². The van der Waals surface area contributed by atoms with Gasteiger partial charge >= 0.3 is 0 Å². The summed E-state index contributed by atoms with van der Waals surface area (Å²) < 4.78 is 5.49. The van der Waals surface area contributed by atoms with Crippen molar-refractivity contribution in [2.45, 2.75) is 45.3 Å². The average Bonchev–Trinajstić information content (AvgIpc) is 2.79. The third-order valence-corrected chi connectivity index (χ3v) is 6.17. The van der Waals surface area contributed by atoms with E-state index in [1.807, 2.05) is 25.1 Å². The van der Waals surface area contributed by atoms with Crippen LogP contribution in [-0.2, 0) is 16.0 Å². The number of rotatable bonds is 5. The molecule has 2 aromatic carbocycles. The lowest BCUT2D eigenvalue weighted by Crippen LogP contribution is -2.44. The van der Waals surface area contributed by atoms with Crippen LogP contribution >= 0.6 is 0 Å². The number of hydrogen-bond acceptors (Lipinski definition) is 4. The average molecular weight is 428 g/mol. The number of carbonyl (C=O) groups is 1. The van der Waals surface area contributed by atoms with Crippen LogP contribution in [-0.4, -0.2) is 29.6 Å². The van der Waals surface area contributed by atoms with Gasteiger partial charge < -0.3 is 15.8 Å². The molecule has 3 aromatic rings. The van der Waals surface area contributed by atoms with Crippen molar-refractivity contribution < 1.29 is 9.53 Å². The molecule has 1 aromatic heterocycles. The maximum Gasteiger partial charge on any atom is 0.223 e. The number of terminal acetylenes is 1. The van der Waals surface area contributed by atoms with Gasteiger partial charge in [0.15, 0.2) is 0 Å². The Balaban J connectivity index is 1.52. The molecule has 1 aliphatic heterocycles. The van der Waals surface area contributed by atoms with Gasteiger partial charge in [-0.25, -0.2) is 4.98 Å². The Morgan fingerprint density at radius 2 is 2.12 bits per heavy atom. The first kappa shape index (κ1) is 21.9. The number of nitrogens with zero attached hydrogens (tertiary/aromatic N) is 1. The second-order valence-corrected chi connectivity index (χ2v) is 8.62. The van der Waals surface area contributed by atoms with E-state index in [-0.39, 0.29) is 24.0 Å². The quantitative estimate of drug-likeness (QED) is 0.596. The lowest BCUT2D eigenvalue weighted by molar-refractivity contribution is -0.126. The molecule has 3 atom stereocenters. The van der Waals surface area contributed by atoms with Gasteiger partial charge in [0.05, 0.1) is 12.1 Å². The van der Waals surface area contributed by atoms with E-state index in [1.165, 1.54) is 11.1 Å². The number of amides is 1. The maximum atomic E-state index is 12.8. The summed E-state index contributed by atoms with van der Waals surface area (Å²) in [6.07, 6.45) is 7.19. The predicted octanol–water partition coefficient (Wildman–Crippen LogP) is 4.27. The fourth-order valence-electron chi connectivity index (χ4n) is 4.27. The van der Waals surface area contributed by atoms with Crippen molar-refractivity contribution in [3.8, 4) is 23.5 Å². The van der Waals surface area contributed by atoms with Crippen LogP contribution in [0.3, 0.4) is 0 Å². The first-order valence-corrected chi connectivity index (χ1v) is 11.1. The topological polar surface area (TPSA) is 77.2 Å². The van der Waals surface area contributed by atoms with Gasteiger partial charge in [0.2, 0.25) is 5.91 Å². The van der Waals surface area contributed by atoms with E-state index in [2.05, 4.69) is 53.5 Å². The highest BCUT2D eigenvalue weighted by Crippen LogP contribution is 2.28. The number of nitrogens with one attached hydrogen (secondary N) is 1. The zero-order valence-corrected chi connectivity index (χ0v) is 18.6. The van der Waals surface area contributed by atoms with Gasteiger partial charge in [0, 0.05) is 23.8 Å². The molecule has 0 spiro atoms. The number of benzene rings is 2. The number of carbonyl (C=O) groups excluding carboxylic acids is 1. The Morgan fingerprint density at radius 3 is 2.91 bits per heavy atom. The van der Waals surface area contributed by atoms with Gasteiger partial charge in [-0.1, -0.05) is 43.2 Å². The molecular weight excluding hydrogens is 398 g/mol. The monoisotopic (exact) mass is 427 g/mol. The van der Waals surface area contributed by atoms with Gasteiger partial charge in [-0.2, -0.15) is 0 Å². The van der Waals surface area contributed by atoms with Gasteiger partial charge in [0.25, 0.3) is 0 Å². The number of fused-ring (bicyclic) bond motifs is 1. The molecule has 3 N–H and O–H groups in total. The van der Waals surface area contributed by atoms with Crippen LogP contribution in [0.15, 0.2) is 48.5 Å². The van der Waals surface area contributed by atoms with Crippen molar-refractivity contribution in [2.75, 3.05) is 12.3 Å².